The molecule has 4 rings (SSSR count). The molecule has 1 aromatic carbocycles. The Bertz CT molecular complexity index is 1050. The maximum atomic E-state index is 13.0. The average Bonchev–Trinajstić information content (AvgIpc) is 3.15. The largest absolute Gasteiger partial charge is 0.347 e. The summed E-state index contributed by atoms with van der Waals surface area (Å²) >= 11 is 1.43. The summed E-state index contributed by atoms with van der Waals surface area (Å²) in [6.45, 7) is 6.25. The standard InChI is InChI=1S/C21H22N4OS/c1-14(27-20-23-22-19-11-7-8-12-25(19)20)17(26)13-18-21(2,3)15-9-5-6-10-16(15)24(18)4/h5-14H,1-4H3/b18-13+. The molecule has 0 bridgehead atoms. The molecular formula is C21H22N4OS. The predicted octanol–water partition coefficient (Wildman–Crippen LogP) is 4.09. The smallest absolute Gasteiger partial charge is 0.196 e. The molecule has 0 spiro atoms. The number of allylic oxidation sites excluding steroid dienone is 2. The third-order valence-corrected chi connectivity index (χ3v) is 6.26. The second-order valence-corrected chi connectivity index (χ2v) is 8.61. The summed E-state index contributed by atoms with van der Waals surface area (Å²) in [5.41, 5.74) is 4.01. The van der Waals surface area contributed by atoms with Crippen molar-refractivity contribution < 1.29 is 4.79 Å². The molecule has 5 nitrogen and oxygen atoms in total. The van der Waals surface area contributed by atoms with Crippen molar-refractivity contribution in [3.63, 3.8) is 0 Å². The van der Waals surface area contributed by atoms with Gasteiger partial charge in [0, 0.05) is 36.1 Å². The van der Waals surface area contributed by atoms with Crippen LogP contribution in [0.1, 0.15) is 26.3 Å². The fourth-order valence-corrected chi connectivity index (χ4v) is 4.48. The van der Waals surface area contributed by atoms with Crippen LogP contribution in [0.2, 0.25) is 0 Å². The molecule has 3 heterocycles. The summed E-state index contributed by atoms with van der Waals surface area (Å²) in [6.07, 6.45) is 3.71. The number of nitrogens with zero attached hydrogens (tertiary/aromatic N) is 4. The number of benzene rings is 1. The van der Waals surface area contributed by atoms with Crippen molar-refractivity contribution in [1.82, 2.24) is 14.6 Å². The minimum atomic E-state index is -0.252. The van der Waals surface area contributed by atoms with Gasteiger partial charge >= 0.3 is 0 Å². The van der Waals surface area contributed by atoms with Gasteiger partial charge in [0.25, 0.3) is 0 Å². The van der Waals surface area contributed by atoms with Crippen LogP contribution in [0.15, 0.2) is 65.6 Å². The molecular weight excluding hydrogens is 356 g/mol. The van der Waals surface area contributed by atoms with Crippen molar-refractivity contribution in [1.29, 1.82) is 0 Å². The van der Waals surface area contributed by atoms with E-state index in [1.165, 1.54) is 17.3 Å². The first kappa shape index (κ1) is 17.8. The molecule has 0 amide bonds. The Morgan fingerprint density at radius 2 is 1.89 bits per heavy atom. The number of carbonyl (C=O) groups excluding carboxylic acids is 1. The molecule has 1 aliphatic rings. The Morgan fingerprint density at radius 3 is 2.67 bits per heavy atom. The van der Waals surface area contributed by atoms with Crippen molar-refractivity contribution in [3.05, 3.63) is 66.0 Å². The summed E-state index contributed by atoms with van der Waals surface area (Å²) in [6, 6.07) is 14.1. The second-order valence-electron chi connectivity index (χ2n) is 7.30. The molecule has 1 atom stereocenters. The summed E-state index contributed by atoms with van der Waals surface area (Å²) < 4.78 is 1.91. The number of ketones is 1. The van der Waals surface area contributed by atoms with Gasteiger partial charge in [0.2, 0.25) is 0 Å². The van der Waals surface area contributed by atoms with Gasteiger partial charge in [-0.25, -0.2) is 0 Å². The molecule has 2 aromatic heterocycles. The van der Waals surface area contributed by atoms with E-state index in [-0.39, 0.29) is 16.4 Å². The van der Waals surface area contributed by atoms with Crippen LogP contribution >= 0.6 is 11.8 Å². The molecule has 138 valence electrons. The van der Waals surface area contributed by atoms with Crippen molar-refractivity contribution in [3.8, 4) is 0 Å². The van der Waals surface area contributed by atoms with Gasteiger partial charge in [0.05, 0.1) is 5.25 Å². The zero-order chi connectivity index (χ0) is 19.2. The van der Waals surface area contributed by atoms with E-state index < -0.39 is 0 Å². The first-order valence-electron chi connectivity index (χ1n) is 8.95. The zero-order valence-electron chi connectivity index (χ0n) is 15.9. The minimum absolute atomic E-state index is 0.0791. The number of hydrogen-bond donors (Lipinski definition) is 0. The lowest BCUT2D eigenvalue weighted by Crippen LogP contribution is -2.25. The number of para-hydroxylation sites is 1. The molecule has 0 N–H and O–H groups in total. The Morgan fingerprint density at radius 1 is 1.15 bits per heavy atom. The molecule has 0 radical (unpaired) electrons. The first-order valence-corrected chi connectivity index (χ1v) is 9.83. The average molecular weight is 379 g/mol. The summed E-state index contributed by atoms with van der Waals surface area (Å²) in [5, 5.41) is 8.85. The van der Waals surface area contributed by atoms with E-state index in [0.717, 1.165) is 22.2 Å². The van der Waals surface area contributed by atoms with Crippen molar-refractivity contribution in [2.45, 2.75) is 36.6 Å². The topological polar surface area (TPSA) is 50.5 Å². The second kappa shape index (κ2) is 6.53. The third kappa shape index (κ3) is 2.94. The summed E-state index contributed by atoms with van der Waals surface area (Å²) in [5.74, 6) is 0.0791. The molecule has 6 heteroatoms. The maximum Gasteiger partial charge on any atom is 0.196 e. The van der Waals surface area contributed by atoms with E-state index >= 15 is 0 Å². The zero-order valence-corrected chi connectivity index (χ0v) is 16.7. The van der Waals surface area contributed by atoms with Crippen LogP contribution < -0.4 is 4.90 Å². The molecule has 1 aliphatic heterocycles. The van der Waals surface area contributed by atoms with E-state index in [4.69, 9.17) is 0 Å². The van der Waals surface area contributed by atoms with Crippen molar-refractivity contribution in [2.24, 2.45) is 0 Å². The van der Waals surface area contributed by atoms with Gasteiger partial charge in [-0.15, -0.1) is 10.2 Å². The van der Waals surface area contributed by atoms with Crippen molar-refractivity contribution in [2.75, 3.05) is 11.9 Å². The molecule has 1 unspecified atom stereocenters. The number of rotatable bonds is 4. The number of thioether (sulfide) groups is 1. The first-order chi connectivity index (χ1) is 12.9. The highest BCUT2D eigenvalue weighted by atomic mass is 32.2. The highest BCUT2D eigenvalue weighted by molar-refractivity contribution is 8.00. The van der Waals surface area contributed by atoms with Crippen LogP contribution in [0.25, 0.3) is 5.65 Å². The Labute approximate surface area is 163 Å². The lowest BCUT2D eigenvalue weighted by molar-refractivity contribution is -0.114. The molecule has 0 saturated heterocycles. The van der Waals surface area contributed by atoms with Gasteiger partial charge in [-0.3, -0.25) is 9.20 Å². The van der Waals surface area contributed by atoms with E-state index in [1.807, 2.05) is 54.9 Å². The van der Waals surface area contributed by atoms with E-state index in [9.17, 15) is 4.79 Å². The number of pyridine rings is 1. The predicted molar refractivity (Wildman–Crippen MR) is 109 cm³/mol. The van der Waals surface area contributed by atoms with E-state index in [0.29, 0.717) is 0 Å². The van der Waals surface area contributed by atoms with Crippen LogP contribution in [0.5, 0.6) is 0 Å². The van der Waals surface area contributed by atoms with Gasteiger partial charge in [-0.1, -0.05) is 49.9 Å². The monoisotopic (exact) mass is 378 g/mol. The normalized spacial score (nSPS) is 18.1. The van der Waals surface area contributed by atoms with Gasteiger partial charge < -0.3 is 4.90 Å². The lowest BCUT2D eigenvalue weighted by atomic mass is 9.83. The number of aromatic nitrogens is 3. The van der Waals surface area contributed by atoms with Crippen LogP contribution in [0.4, 0.5) is 5.69 Å². The van der Waals surface area contributed by atoms with Crippen LogP contribution in [0, 0.1) is 0 Å². The third-order valence-electron chi connectivity index (χ3n) is 5.18. The lowest BCUT2D eigenvalue weighted by Gasteiger charge is -2.24. The van der Waals surface area contributed by atoms with Gasteiger partial charge in [-0.05, 0) is 30.7 Å². The fraction of sp³-hybridized carbons (Fsp3) is 0.286. The van der Waals surface area contributed by atoms with Gasteiger partial charge in [0.15, 0.2) is 16.6 Å². The quantitative estimate of drug-likeness (QED) is 0.505. The molecule has 0 fully saturated rings. The SMILES string of the molecule is CC(Sc1nnc2ccccn12)C(=O)/C=C1/N(C)c2ccccc2C1(C)C. The number of hydrogen-bond acceptors (Lipinski definition) is 5. The van der Waals surface area contributed by atoms with Crippen LogP contribution in [-0.4, -0.2) is 32.7 Å². The van der Waals surface area contributed by atoms with Crippen LogP contribution in [-0.2, 0) is 10.2 Å². The van der Waals surface area contributed by atoms with Crippen molar-refractivity contribution >= 4 is 28.9 Å². The maximum absolute atomic E-state index is 13.0. The molecule has 0 aliphatic carbocycles. The van der Waals surface area contributed by atoms with E-state index in [2.05, 4.69) is 41.1 Å². The Hall–Kier alpha value is -2.60. The van der Waals surface area contributed by atoms with Gasteiger partial charge in [-0.2, -0.15) is 0 Å². The van der Waals surface area contributed by atoms with Crippen LogP contribution in [0.3, 0.4) is 0 Å². The number of fused-ring (bicyclic) bond motifs is 2. The Kier molecular flexibility index (Phi) is 4.30. The molecule has 0 saturated carbocycles. The number of likely N-dealkylation sites (N-methyl/N-ethyl adjacent to an activating group) is 1. The summed E-state index contributed by atoms with van der Waals surface area (Å²) in [4.78, 5) is 15.1. The molecule has 3 aromatic rings. The summed E-state index contributed by atoms with van der Waals surface area (Å²) in [7, 11) is 2.02. The minimum Gasteiger partial charge on any atom is -0.347 e. The highest BCUT2D eigenvalue weighted by Gasteiger charge is 2.38. The number of anilines is 1. The van der Waals surface area contributed by atoms with E-state index in [1.54, 1.807) is 6.08 Å². The highest BCUT2D eigenvalue weighted by Crippen LogP contribution is 2.46. The number of carbonyl (C=O) groups is 1. The molecule has 27 heavy (non-hydrogen) atoms. The fourth-order valence-electron chi connectivity index (χ4n) is 3.63. The Balaban J connectivity index is 1.60. The van der Waals surface area contributed by atoms with Gasteiger partial charge in [0.1, 0.15) is 0 Å².